The van der Waals surface area contributed by atoms with Gasteiger partial charge >= 0.3 is 5.97 Å². The minimum Gasteiger partial charge on any atom is -0.497 e. The molecular formula is C21H23NO5. The lowest BCUT2D eigenvalue weighted by atomic mass is 10.1. The first-order valence-electron chi connectivity index (χ1n) is 8.84. The number of hydrogen-bond donors (Lipinski definition) is 1. The molecule has 0 unspecified atom stereocenters. The third kappa shape index (κ3) is 4.58. The molecule has 0 spiro atoms. The van der Waals surface area contributed by atoms with E-state index in [1.807, 2.05) is 23.1 Å². The van der Waals surface area contributed by atoms with Crippen LogP contribution in [0.5, 0.6) is 11.5 Å². The van der Waals surface area contributed by atoms with Crippen molar-refractivity contribution in [2.24, 2.45) is 0 Å². The van der Waals surface area contributed by atoms with Gasteiger partial charge in [-0.3, -0.25) is 4.79 Å². The van der Waals surface area contributed by atoms with Crippen LogP contribution < -0.4 is 9.47 Å². The second kappa shape index (κ2) is 8.12. The molecule has 1 amide bonds. The molecule has 27 heavy (non-hydrogen) atoms. The Kier molecular flexibility index (Phi) is 5.64. The minimum atomic E-state index is -0.974. The van der Waals surface area contributed by atoms with Crippen LogP contribution in [0.2, 0.25) is 0 Å². The van der Waals surface area contributed by atoms with Crippen LogP contribution in [0.25, 0.3) is 0 Å². The molecule has 0 aromatic heterocycles. The largest absolute Gasteiger partial charge is 0.497 e. The van der Waals surface area contributed by atoms with Crippen LogP contribution in [0.4, 0.5) is 0 Å². The van der Waals surface area contributed by atoms with E-state index in [0.717, 1.165) is 35.5 Å². The summed E-state index contributed by atoms with van der Waals surface area (Å²) in [6.07, 6.45) is 2.23. The molecule has 2 aromatic rings. The molecule has 0 atom stereocenters. The van der Waals surface area contributed by atoms with Crippen LogP contribution in [0.15, 0.2) is 42.5 Å². The number of aromatic carboxylic acids is 1. The first-order chi connectivity index (χ1) is 13.0. The fourth-order valence-electron chi connectivity index (χ4n) is 3.04. The van der Waals surface area contributed by atoms with E-state index in [2.05, 4.69) is 0 Å². The summed E-state index contributed by atoms with van der Waals surface area (Å²) in [5.74, 6) is 0.487. The second-order valence-corrected chi connectivity index (χ2v) is 6.61. The molecule has 142 valence electrons. The van der Waals surface area contributed by atoms with Gasteiger partial charge in [-0.15, -0.1) is 0 Å². The van der Waals surface area contributed by atoms with E-state index in [4.69, 9.17) is 14.6 Å². The van der Waals surface area contributed by atoms with Crippen LogP contribution in [0, 0.1) is 0 Å². The highest BCUT2D eigenvalue weighted by molar-refractivity contribution is 5.87. The number of carboxylic acid groups (broad SMARTS) is 1. The summed E-state index contributed by atoms with van der Waals surface area (Å²) in [5, 5.41) is 8.99. The van der Waals surface area contributed by atoms with Gasteiger partial charge in [-0.25, -0.2) is 4.79 Å². The first kappa shape index (κ1) is 18.8. The Balaban J connectivity index is 1.76. The third-order valence-corrected chi connectivity index (χ3v) is 4.69. The Labute approximate surface area is 158 Å². The summed E-state index contributed by atoms with van der Waals surface area (Å²) in [6, 6.07) is 12.2. The van der Waals surface area contributed by atoms with Gasteiger partial charge in [0.2, 0.25) is 5.91 Å². The van der Waals surface area contributed by atoms with Crippen molar-refractivity contribution < 1.29 is 24.2 Å². The summed E-state index contributed by atoms with van der Waals surface area (Å²) >= 11 is 0. The molecular weight excluding hydrogens is 346 g/mol. The molecule has 1 saturated carbocycles. The SMILES string of the molecule is COc1ccc(OC)c(CN(C(=O)Cc2ccc(C(=O)O)cc2)C2CC2)c1. The van der Waals surface area contributed by atoms with Crippen molar-refractivity contribution >= 4 is 11.9 Å². The zero-order chi connectivity index (χ0) is 19.4. The lowest BCUT2D eigenvalue weighted by Crippen LogP contribution is -2.34. The van der Waals surface area contributed by atoms with Crippen LogP contribution in [-0.4, -0.2) is 42.1 Å². The number of benzene rings is 2. The highest BCUT2D eigenvalue weighted by Crippen LogP contribution is 2.32. The van der Waals surface area contributed by atoms with Crippen molar-refractivity contribution in [1.82, 2.24) is 4.90 Å². The summed E-state index contributed by atoms with van der Waals surface area (Å²) in [6.45, 7) is 0.455. The molecule has 0 saturated heterocycles. The summed E-state index contributed by atoms with van der Waals surface area (Å²) in [4.78, 5) is 25.7. The van der Waals surface area contributed by atoms with Gasteiger partial charge in [-0.2, -0.15) is 0 Å². The van der Waals surface area contributed by atoms with Gasteiger partial charge in [0.25, 0.3) is 0 Å². The Bertz CT molecular complexity index is 827. The number of rotatable bonds is 8. The number of methoxy groups -OCH3 is 2. The van der Waals surface area contributed by atoms with Crippen molar-refractivity contribution in [3.63, 3.8) is 0 Å². The number of carboxylic acids is 1. The van der Waals surface area contributed by atoms with Crippen molar-refractivity contribution in [3.8, 4) is 11.5 Å². The highest BCUT2D eigenvalue weighted by Gasteiger charge is 2.33. The zero-order valence-corrected chi connectivity index (χ0v) is 15.5. The van der Waals surface area contributed by atoms with Gasteiger partial charge in [0.15, 0.2) is 0 Å². The number of hydrogen-bond acceptors (Lipinski definition) is 4. The normalized spacial score (nSPS) is 13.1. The molecule has 6 nitrogen and oxygen atoms in total. The maximum atomic E-state index is 12.9. The van der Waals surface area contributed by atoms with Crippen LogP contribution in [0.3, 0.4) is 0 Å². The maximum absolute atomic E-state index is 12.9. The molecule has 0 bridgehead atoms. The third-order valence-electron chi connectivity index (χ3n) is 4.69. The van der Waals surface area contributed by atoms with E-state index in [1.165, 1.54) is 12.1 Å². The maximum Gasteiger partial charge on any atom is 0.335 e. The number of carbonyl (C=O) groups is 2. The molecule has 0 radical (unpaired) electrons. The molecule has 3 rings (SSSR count). The molecule has 1 N–H and O–H groups in total. The number of nitrogens with zero attached hydrogens (tertiary/aromatic N) is 1. The monoisotopic (exact) mass is 369 g/mol. The minimum absolute atomic E-state index is 0.0189. The number of amides is 1. The van der Waals surface area contributed by atoms with E-state index < -0.39 is 5.97 Å². The van der Waals surface area contributed by atoms with Gasteiger partial charge in [-0.05, 0) is 48.7 Å². The van der Waals surface area contributed by atoms with E-state index >= 15 is 0 Å². The standard InChI is InChI=1S/C21H23NO5/c1-26-18-9-10-19(27-2)16(12-18)13-22(17-7-8-17)20(23)11-14-3-5-15(6-4-14)21(24)25/h3-6,9-10,12,17H,7-8,11,13H2,1-2H3,(H,24,25). The van der Waals surface area contributed by atoms with Gasteiger partial charge < -0.3 is 19.5 Å². The summed E-state index contributed by atoms with van der Waals surface area (Å²) < 4.78 is 10.7. The van der Waals surface area contributed by atoms with Crippen molar-refractivity contribution in [1.29, 1.82) is 0 Å². The molecule has 1 aliphatic rings. The Hall–Kier alpha value is -3.02. The molecule has 1 fully saturated rings. The molecule has 2 aromatic carbocycles. The summed E-state index contributed by atoms with van der Waals surface area (Å²) in [5.41, 5.74) is 1.91. The van der Waals surface area contributed by atoms with Crippen molar-refractivity contribution in [2.75, 3.05) is 14.2 Å². The van der Waals surface area contributed by atoms with Crippen LogP contribution in [-0.2, 0) is 17.8 Å². The molecule has 1 aliphatic carbocycles. The molecule has 0 heterocycles. The average Bonchev–Trinajstić information content (AvgIpc) is 3.51. The topological polar surface area (TPSA) is 76.1 Å². The molecule has 0 aliphatic heterocycles. The lowest BCUT2D eigenvalue weighted by molar-refractivity contribution is -0.131. The van der Waals surface area contributed by atoms with E-state index in [1.54, 1.807) is 26.4 Å². The van der Waals surface area contributed by atoms with Crippen molar-refractivity contribution in [2.45, 2.75) is 31.8 Å². The second-order valence-electron chi connectivity index (χ2n) is 6.61. The van der Waals surface area contributed by atoms with E-state index in [9.17, 15) is 9.59 Å². The zero-order valence-electron chi connectivity index (χ0n) is 15.5. The number of carbonyl (C=O) groups excluding carboxylic acids is 1. The Morgan fingerprint density at radius 1 is 1.07 bits per heavy atom. The Morgan fingerprint density at radius 2 is 1.78 bits per heavy atom. The predicted octanol–water partition coefficient (Wildman–Crippen LogP) is 3.14. The average molecular weight is 369 g/mol. The summed E-state index contributed by atoms with van der Waals surface area (Å²) in [7, 11) is 3.22. The smallest absolute Gasteiger partial charge is 0.335 e. The van der Waals surface area contributed by atoms with E-state index in [-0.39, 0.29) is 23.9 Å². The highest BCUT2D eigenvalue weighted by atomic mass is 16.5. The van der Waals surface area contributed by atoms with Gasteiger partial charge in [0.05, 0.1) is 26.2 Å². The fourth-order valence-corrected chi connectivity index (χ4v) is 3.04. The first-order valence-corrected chi connectivity index (χ1v) is 8.84. The van der Waals surface area contributed by atoms with E-state index in [0.29, 0.717) is 6.54 Å². The van der Waals surface area contributed by atoms with Gasteiger partial charge in [0, 0.05) is 18.2 Å². The molecule has 6 heteroatoms. The quantitative estimate of drug-likeness (QED) is 0.774. The van der Waals surface area contributed by atoms with Crippen molar-refractivity contribution in [3.05, 3.63) is 59.2 Å². The lowest BCUT2D eigenvalue weighted by Gasteiger charge is -2.24. The van der Waals surface area contributed by atoms with Gasteiger partial charge in [-0.1, -0.05) is 12.1 Å². The van der Waals surface area contributed by atoms with Crippen LogP contribution >= 0.6 is 0 Å². The van der Waals surface area contributed by atoms with Crippen LogP contribution in [0.1, 0.15) is 34.3 Å². The number of ether oxygens (including phenoxy) is 2. The van der Waals surface area contributed by atoms with Gasteiger partial charge in [0.1, 0.15) is 11.5 Å². The predicted molar refractivity (Wildman–Crippen MR) is 100 cm³/mol. The fraction of sp³-hybridized carbons (Fsp3) is 0.333. The Morgan fingerprint density at radius 3 is 2.33 bits per heavy atom.